The van der Waals surface area contributed by atoms with Crippen molar-refractivity contribution in [2.45, 2.75) is 69.4 Å². The Morgan fingerprint density at radius 2 is 2.15 bits per heavy atom. The van der Waals surface area contributed by atoms with Crippen LogP contribution in [0, 0.1) is 16.7 Å². The number of aliphatic hydroxyl groups is 1. The first-order valence-electron chi connectivity index (χ1n) is 10.1. The maximum absolute atomic E-state index is 11.7. The Morgan fingerprint density at radius 3 is 2.89 bits per heavy atom. The summed E-state index contributed by atoms with van der Waals surface area (Å²) in [5.41, 5.74) is 1.28. The van der Waals surface area contributed by atoms with Crippen LogP contribution in [0.1, 0.15) is 50.7 Å². The Labute approximate surface area is 159 Å². The number of aryl methyl sites for hydroxylation is 1. The van der Waals surface area contributed by atoms with E-state index < -0.39 is 11.7 Å². The standard InChI is InChI=1S/C22H26O5/c1-12(23)26-18-9-14-10-20(14)19(18,2)11-17(24)22-16-5-4-15(25-3)8-13(16)6-7-21(20,22)27-22/h4-5,8,14,17-18,24H,6-7,9-11H2,1-3H3/t14-,17-,18-,19-,20-,21+,22-/m1/s1. The van der Waals surface area contributed by atoms with Gasteiger partial charge in [0.05, 0.1) is 13.2 Å². The predicted octanol–water partition coefficient (Wildman–Crippen LogP) is 2.72. The van der Waals surface area contributed by atoms with Crippen LogP contribution in [-0.4, -0.2) is 36.0 Å². The minimum Gasteiger partial charge on any atom is -0.497 e. The highest BCUT2D eigenvalue weighted by Gasteiger charge is 2.95. The van der Waals surface area contributed by atoms with Crippen molar-refractivity contribution >= 4 is 5.97 Å². The monoisotopic (exact) mass is 370 g/mol. The normalized spacial score (nSPS) is 50.4. The number of hydrogen-bond donors (Lipinski definition) is 1. The predicted molar refractivity (Wildman–Crippen MR) is 96.3 cm³/mol. The van der Waals surface area contributed by atoms with E-state index in [9.17, 15) is 9.90 Å². The van der Waals surface area contributed by atoms with E-state index >= 15 is 0 Å². The Balaban J connectivity index is 1.48. The summed E-state index contributed by atoms with van der Waals surface area (Å²) in [6.45, 7) is 3.71. The molecule has 1 aromatic carbocycles. The number of methoxy groups -OCH3 is 1. The molecule has 5 nitrogen and oxygen atoms in total. The summed E-state index contributed by atoms with van der Waals surface area (Å²) in [6, 6.07) is 6.16. The quantitative estimate of drug-likeness (QED) is 0.640. The number of carbonyl (C=O) groups is 1. The zero-order valence-corrected chi connectivity index (χ0v) is 16.1. The lowest BCUT2D eigenvalue weighted by Gasteiger charge is -2.51. The first kappa shape index (κ1) is 16.4. The number of ether oxygens (including phenoxy) is 3. The summed E-state index contributed by atoms with van der Waals surface area (Å²) in [4.78, 5) is 11.7. The van der Waals surface area contributed by atoms with Crippen LogP contribution in [0.15, 0.2) is 18.2 Å². The van der Waals surface area contributed by atoms with Crippen molar-refractivity contribution in [1.82, 2.24) is 0 Å². The molecule has 0 amide bonds. The highest BCUT2D eigenvalue weighted by atomic mass is 16.6. The van der Waals surface area contributed by atoms with Crippen LogP contribution in [0.2, 0.25) is 0 Å². The molecular weight excluding hydrogens is 344 g/mol. The van der Waals surface area contributed by atoms with Gasteiger partial charge in [0.1, 0.15) is 23.1 Å². The third-order valence-electron chi connectivity index (χ3n) is 8.80. The van der Waals surface area contributed by atoms with E-state index in [-0.39, 0.29) is 28.5 Å². The molecule has 0 radical (unpaired) electrons. The number of epoxide rings is 1. The molecule has 1 N–H and O–H groups in total. The fourth-order valence-corrected chi connectivity index (χ4v) is 7.81. The summed E-state index contributed by atoms with van der Waals surface area (Å²) in [7, 11) is 1.68. The summed E-state index contributed by atoms with van der Waals surface area (Å²) in [5, 5.41) is 11.4. The van der Waals surface area contributed by atoms with E-state index in [1.165, 1.54) is 12.5 Å². The van der Waals surface area contributed by atoms with Gasteiger partial charge < -0.3 is 19.3 Å². The van der Waals surface area contributed by atoms with E-state index in [2.05, 4.69) is 19.1 Å². The van der Waals surface area contributed by atoms with Gasteiger partial charge in [0.2, 0.25) is 0 Å². The number of esters is 1. The lowest BCUT2D eigenvalue weighted by Crippen LogP contribution is -2.58. The van der Waals surface area contributed by atoms with Crippen molar-refractivity contribution in [1.29, 1.82) is 0 Å². The van der Waals surface area contributed by atoms with Crippen molar-refractivity contribution in [3.63, 3.8) is 0 Å². The molecule has 0 unspecified atom stereocenters. The van der Waals surface area contributed by atoms with Gasteiger partial charge in [0.15, 0.2) is 0 Å². The van der Waals surface area contributed by atoms with Crippen LogP contribution in [-0.2, 0) is 26.3 Å². The molecule has 1 spiro atoms. The molecule has 0 bridgehead atoms. The number of rotatable bonds is 2. The molecule has 1 aliphatic heterocycles. The highest BCUT2D eigenvalue weighted by molar-refractivity contribution is 5.66. The summed E-state index contributed by atoms with van der Waals surface area (Å²) in [5.74, 6) is 1.16. The Bertz CT molecular complexity index is 881. The largest absolute Gasteiger partial charge is 0.497 e. The third-order valence-corrected chi connectivity index (χ3v) is 8.80. The molecule has 1 saturated heterocycles. The first-order valence-corrected chi connectivity index (χ1v) is 10.1. The van der Waals surface area contributed by atoms with Gasteiger partial charge >= 0.3 is 5.97 Å². The molecule has 5 aliphatic rings. The van der Waals surface area contributed by atoms with Crippen molar-refractivity contribution < 1.29 is 24.1 Å². The zero-order valence-electron chi connectivity index (χ0n) is 16.1. The summed E-state index contributed by atoms with van der Waals surface area (Å²) < 4.78 is 17.8. The smallest absolute Gasteiger partial charge is 0.302 e. The van der Waals surface area contributed by atoms with Crippen molar-refractivity contribution in [3.05, 3.63) is 29.3 Å². The SMILES string of the molecule is COc1ccc2c(c1)CC[C@@]13O[C@@]21[C@H](O)C[C@]1(C)[C@H](OC(C)=O)C[C@@H]2C[C@]231. The third kappa shape index (κ3) is 1.50. The van der Waals surface area contributed by atoms with E-state index in [1.54, 1.807) is 7.11 Å². The lowest BCUT2D eigenvalue weighted by atomic mass is 9.51. The van der Waals surface area contributed by atoms with Gasteiger partial charge in [-0.05, 0) is 61.3 Å². The average Bonchev–Trinajstić information content (AvgIpc) is 3.50. The lowest BCUT2D eigenvalue weighted by molar-refractivity contribution is -0.161. The molecule has 0 aromatic heterocycles. The maximum Gasteiger partial charge on any atom is 0.302 e. The molecule has 4 fully saturated rings. The van der Waals surface area contributed by atoms with Gasteiger partial charge in [-0.1, -0.05) is 13.0 Å². The number of hydrogen-bond acceptors (Lipinski definition) is 5. The Kier molecular flexibility index (Phi) is 2.74. The molecule has 1 heterocycles. The second-order valence-corrected chi connectivity index (χ2v) is 9.53. The second-order valence-electron chi connectivity index (χ2n) is 9.53. The number of aliphatic hydroxyl groups excluding tert-OH is 1. The summed E-state index contributed by atoms with van der Waals surface area (Å²) in [6.07, 6.45) is 3.80. The maximum atomic E-state index is 11.7. The van der Waals surface area contributed by atoms with E-state index in [0.717, 1.165) is 37.0 Å². The van der Waals surface area contributed by atoms with Gasteiger partial charge in [-0.15, -0.1) is 0 Å². The molecule has 27 heavy (non-hydrogen) atoms. The van der Waals surface area contributed by atoms with Crippen LogP contribution in [0.5, 0.6) is 5.75 Å². The number of carbonyl (C=O) groups excluding carboxylic acids is 1. The molecular formula is C22H26O5. The van der Waals surface area contributed by atoms with Gasteiger partial charge in [-0.25, -0.2) is 0 Å². The van der Waals surface area contributed by atoms with Gasteiger partial charge in [-0.2, -0.15) is 0 Å². The van der Waals surface area contributed by atoms with E-state index in [0.29, 0.717) is 12.3 Å². The molecule has 7 atom stereocenters. The molecule has 144 valence electrons. The zero-order chi connectivity index (χ0) is 18.8. The molecule has 5 heteroatoms. The van der Waals surface area contributed by atoms with Crippen molar-refractivity contribution in [2.24, 2.45) is 16.7 Å². The van der Waals surface area contributed by atoms with Crippen LogP contribution >= 0.6 is 0 Å². The Hall–Kier alpha value is -1.59. The van der Waals surface area contributed by atoms with E-state index in [4.69, 9.17) is 14.2 Å². The summed E-state index contributed by atoms with van der Waals surface area (Å²) >= 11 is 0. The van der Waals surface area contributed by atoms with Gasteiger partial charge in [-0.3, -0.25) is 4.79 Å². The Morgan fingerprint density at radius 1 is 1.33 bits per heavy atom. The van der Waals surface area contributed by atoms with Crippen molar-refractivity contribution in [3.8, 4) is 5.75 Å². The molecule has 3 saturated carbocycles. The number of fused-ring (bicyclic) bond motifs is 1. The minimum atomic E-state index is -0.591. The van der Waals surface area contributed by atoms with Crippen LogP contribution in [0.25, 0.3) is 0 Å². The van der Waals surface area contributed by atoms with Gasteiger partial charge in [0, 0.05) is 17.8 Å². The van der Waals surface area contributed by atoms with Crippen LogP contribution in [0.3, 0.4) is 0 Å². The van der Waals surface area contributed by atoms with Crippen LogP contribution < -0.4 is 4.74 Å². The molecule has 4 aliphatic carbocycles. The minimum absolute atomic E-state index is 0.0248. The fourth-order valence-electron chi connectivity index (χ4n) is 7.81. The van der Waals surface area contributed by atoms with Crippen LogP contribution in [0.4, 0.5) is 0 Å². The average molecular weight is 370 g/mol. The number of benzene rings is 1. The molecule has 6 rings (SSSR count). The van der Waals surface area contributed by atoms with E-state index in [1.807, 2.05) is 6.07 Å². The molecule has 1 aromatic rings. The highest BCUT2D eigenvalue weighted by Crippen LogP contribution is 2.90. The fraction of sp³-hybridized carbons (Fsp3) is 0.682. The first-order chi connectivity index (χ1) is 12.8. The second kappa shape index (κ2) is 4.52. The topological polar surface area (TPSA) is 68.3 Å². The van der Waals surface area contributed by atoms with Gasteiger partial charge in [0.25, 0.3) is 0 Å². The van der Waals surface area contributed by atoms with Crippen molar-refractivity contribution in [2.75, 3.05) is 7.11 Å².